The number of ether oxygens (including phenoxy) is 2. The Bertz CT molecular complexity index is 1630. The number of hydrogen-bond donors (Lipinski definition) is 3. The van der Waals surface area contributed by atoms with E-state index in [0.717, 1.165) is 43.1 Å². The second-order valence-electron chi connectivity index (χ2n) is 11.3. The Balaban J connectivity index is 0.000000609. The van der Waals surface area contributed by atoms with Crippen LogP contribution >= 0.6 is 11.3 Å². The second kappa shape index (κ2) is 15.0. The van der Waals surface area contributed by atoms with Crippen LogP contribution in [0.25, 0.3) is 20.5 Å². The van der Waals surface area contributed by atoms with Crippen molar-refractivity contribution in [2.24, 2.45) is 0 Å². The molecule has 2 aliphatic rings. The molecule has 1 atom stereocenters. The molecule has 0 radical (unpaired) electrons. The minimum atomic E-state index is -1.82. The van der Waals surface area contributed by atoms with Crippen molar-refractivity contribution in [3.63, 3.8) is 0 Å². The van der Waals surface area contributed by atoms with Crippen LogP contribution in [0.15, 0.2) is 66.7 Å². The number of fused-ring (bicyclic) bond motifs is 1. The van der Waals surface area contributed by atoms with E-state index < -0.39 is 11.9 Å². The van der Waals surface area contributed by atoms with Gasteiger partial charge in [-0.3, -0.25) is 9.69 Å². The molecule has 10 heteroatoms. The molecular formula is C35H38N2O7S. The Kier molecular flexibility index (Phi) is 10.7. The van der Waals surface area contributed by atoms with Gasteiger partial charge in [-0.1, -0.05) is 30.3 Å². The Labute approximate surface area is 266 Å². The highest BCUT2D eigenvalue weighted by Crippen LogP contribution is 2.41. The Morgan fingerprint density at radius 3 is 2.38 bits per heavy atom. The molecule has 0 saturated carbocycles. The first-order valence-electron chi connectivity index (χ1n) is 15.2. The smallest absolute Gasteiger partial charge is 0.414 e. The molecule has 9 nitrogen and oxygen atoms in total. The number of hydrogen-bond acceptors (Lipinski definition) is 7. The first-order valence-corrected chi connectivity index (χ1v) is 16.0. The van der Waals surface area contributed by atoms with Gasteiger partial charge in [0.05, 0.1) is 6.04 Å². The summed E-state index contributed by atoms with van der Waals surface area (Å²) in [6.07, 6.45) is 4.92. The van der Waals surface area contributed by atoms with Gasteiger partial charge < -0.3 is 25.0 Å². The van der Waals surface area contributed by atoms with E-state index in [1.54, 1.807) is 0 Å². The highest BCUT2D eigenvalue weighted by molar-refractivity contribution is 7.22. The van der Waals surface area contributed by atoms with E-state index in [1.165, 1.54) is 57.6 Å². The van der Waals surface area contributed by atoms with E-state index in [9.17, 15) is 4.79 Å². The predicted molar refractivity (Wildman–Crippen MR) is 174 cm³/mol. The molecule has 3 heterocycles. The molecule has 2 saturated heterocycles. The third kappa shape index (κ3) is 8.61. The summed E-state index contributed by atoms with van der Waals surface area (Å²) in [6.45, 7) is 6.77. The van der Waals surface area contributed by atoms with Gasteiger partial charge in [0.2, 0.25) is 5.91 Å². The second-order valence-corrected chi connectivity index (χ2v) is 12.4. The molecule has 1 amide bonds. The number of carboxylic acid groups (broad SMARTS) is 2. The van der Waals surface area contributed by atoms with Gasteiger partial charge in [-0.2, -0.15) is 0 Å². The minimum Gasteiger partial charge on any atom is -0.492 e. The molecule has 0 bridgehead atoms. The number of carbonyl (C=O) groups excluding carboxylic acids is 1. The molecule has 3 aromatic carbocycles. The quantitative estimate of drug-likeness (QED) is 0.189. The maximum atomic E-state index is 11.5. The van der Waals surface area contributed by atoms with Crippen LogP contribution in [-0.2, 0) is 20.8 Å². The van der Waals surface area contributed by atoms with Gasteiger partial charge in [-0.05, 0) is 110 Å². The summed E-state index contributed by atoms with van der Waals surface area (Å²) in [6, 6.07) is 23.9. The Morgan fingerprint density at radius 1 is 0.978 bits per heavy atom. The van der Waals surface area contributed by atoms with Crippen molar-refractivity contribution < 1.29 is 34.1 Å². The lowest BCUT2D eigenvalue weighted by Crippen LogP contribution is -2.30. The molecular weight excluding hydrogens is 592 g/mol. The summed E-state index contributed by atoms with van der Waals surface area (Å²) in [5.74, 6) is -1.71. The van der Waals surface area contributed by atoms with E-state index >= 15 is 0 Å². The van der Waals surface area contributed by atoms with Gasteiger partial charge in [0, 0.05) is 22.5 Å². The van der Waals surface area contributed by atoms with E-state index in [-0.39, 0.29) is 11.9 Å². The third-order valence-electron chi connectivity index (χ3n) is 8.02. The number of carboxylic acids is 2. The van der Waals surface area contributed by atoms with Crippen molar-refractivity contribution in [2.75, 3.05) is 32.8 Å². The van der Waals surface area contributed by atoms with Crippen LogP contribution in [0.4, 0.5) is 0 Å². The lowest BCUT2D eigenvalue weighted by molar-refractivity contribution is -0.159. The lowest BCUT2D eigenvalue weighted by Gasteiger charge is -2.15. The number of rotatable bonds is 10. The molecule has 0 aliphatic carbocycles. The topological polar surface area (TPSA) is 125 Å². The molecule has 2 fully saturated rings. The van der Waals surface area contributed by atoms with Gasteiger partial charge in [0.25, 0.3) is 0 Å². The predicted octanol–water partition coefficient (Wildman–Crippen LogP) is 5.76. The summed E-state index contributed by atoms with van der Waals surface area (Å²) in [7, 11) is 0. The molecule has 6 rings (SSSR count). The van der Waals surface area contributed by atoms with Crippen molar-refractivity contribution in [1.82, 2.24) is 10.2 Å². The zero-order valence-electron chi connectivity index (χ0n) is 25.3. The zero-order chi connectivity index (χ0) is 31.8. The van der Waals surface area contributed by atoms with Crippen molar-refractivity contribution in [2.45, 2.75) is 45.1 Å². The van der Waals surface area contributed by atoms with E-state index in [2.05, 4.69) is 83.9 Å². The fourth-order valence-electron chi connectivity index (χ4n) is 5.66. The number of benzene rings is 3. The third-order valence-corrected chi connectivity index (χ3v) is 9.28. The fourth-order valence-corrected chi connectivity index (χ4v) is 6.88. The highest BCUT2D eigenvalue weighted by Gasteiger charge is 2.22. The van der Waals surface area contributed by atoms with Crippen LogP contribution < -0.4 is 14.8 Å². The molecule has 4 aromatic rings. The number of nitrogens with one attached hydrogen (secondary N) is 1. The average molecular weight is 631 g/mol. The number of aliphatic carboxylic acids is 2. The number of nitrogens with zero attached hydrogens (tertiary/aromatic N) is 1. The first-order chi connectivity index (χ1) is 21.8. The van der Waals surface area contributed by atoms with Crippen molar-refractivity contribution in [3.8, 4) is 21.9 Å². The van der Waals surface area contributed by atoms with Crippen LogP contribution in [0, 0.1) is 6.92 Å². The summed E-state index contributed by atoms with van der Waals surface area (Å²) in [4.78, 5) is 33.5. The van der Waals surface area contributed by atoms with Crippen molar-refractivity contribution in [3.05, 3.63) is 83.4 Å². The fraction of sp³-hybridized carbons (Fsp3) is 0.343. The molecule has 3 N–H and O–H groups in total. The van der Waals surface area contributed by atoms with E-state index in [0.29, 0.717) is 13.0 Å². The number of aryl methyl sites for hydroxylation is 1. The molecule has 2 aliphatic heterocycles. The largest absolute Gasteiger partial charge is 0.492 e. The maximum absolute atomic E-state index is 11.5. The van der Waals surface area contributed by atoms with Crippen molar-refractivity contribution in [1.29, 1.82) is 0 Å². The van der Waals surface area contributed by atoms with Crippen LogP contribution in [0.1, 0.15) is 42.4 Å². The van der Waals surface area contributed by atoms with Gasteiger partial charge in [-0.15, -0.1) is 11.3 Å². The number of likely N-dealkylation sites (tertiary alicyclic amines) is 1. The SMILES string of the molecule is Cc1cc(-c2sc3ccccc3c2Cc2ccc(OCCN3CCCC3)cc2)ccc1OCC1CCC(=O)N1.O=C(O)C(=O)O. The normalized spacial score (nSPS) is 16.2. The summed E-state index contributed by atoms with van der Waals surface area (Å²) >= 11 is 1.85. The lowest BCUT2D eigenvalue weighted by atomic mass is 9.98. The monoisotopic (exact) mass is 630 g/mol. The molecule has 1 aromatic heterocycles. The van der Waals surface area contributed by atoms with Crippen LogP contribution in [0.3, 0.4) is 0 Å². The van der Waals surface area contributed by atoms with Crippen LogP contribution in [0.5, 0.6) is 11.5 Å². The Morgan fingerprint density at radius 2 is 1.71 bits per heavy atom. The molecule has 45 heavy (non-hydrogen) atoms. The number of carbonyl (C=O) groups is 3. The van der Waals surface area contributed by atoms with Gasteiger partial charge >= 0.3 is 11.9 Å². The molecule has 0 spiro atoms. The highest BCUT2D eigenvalue weighted by atomic mass is 32.1. The van der Waals surface area contributed by atoms with Crippen LogP contribution in [0.2, 0.25) is 0 Å². The molecule has 1 unspecified atom stereocenters. The summed E-state index contributed by atoms with van der Waals surface area (Å²) < 4.78 is 13.4. The maximum Gasteiger partial charge on any atom is 0.414 e. The van der Waals surface area contributed by atoms with Gasteiger partial charge in [0.15, 0.2) is 0 Å². The van der Waals surface area contributed by atoms with E-state index in [4.69, 9.17) is 29.3 Å². The summed E-state index contributed by atoms with van der Waals surface area (Å²) in [5, 5.41) is 19.1. The van der Waals surface area contributed by atoms with Gasteiger partial charge in [0.1, 0.15) is 24.7 Å². The minimum absolute atomic E-state index is 0.104. The average Bonchev–Trinajstić information content (AvgIpc) is 3.79. The Hall–Kier alpha value is -4.41. The first kappa shape index (κ1) is 32.0. The zero-order valence-corrected chi connectivity index (χ0v) is 26.1. The van der Waals surface area contributed by atoms with E-state index in [1.807, 2.05) is 11.3 Å². The van der Waals surface area contributed by atoms with Crippen molar-refractivity contribution >= 4 is 39.3 Å². The number of thiophene rings is 1. The number of amides is 1. The summed E-state index contributed by atoms with van der Waals surface area (Å²) in [5.41, 5.74) is 4.96. The standard InChI is InChI=1S/C33H36N2O3S.C2H2O4/c1-23-20-25(10-14-30(23)38-22-26-11-15-32(36)34-26)33-29(28-6-2-3-7-31(28)39-33)21-24-8-12-27(13-9-24)37-19-18-35-16-4-5-17-35;3-1(4)2(5)6/h2-3,6-10,12-14,20,26H,4-5,11,15-19,21-22H2,1H3,(H,34,36);(H,3,4)(H,5,6). The molecule has 236 valence electrons. The van der Waals surface area contributed by atoms with Gasteiger partial charge in [-0.25, -0.2) is 9.59 Å². The van der Waals surface area contributed by atoms with Crippen LogP contribution in [-0.4, -0.2) is 71.8 Å².